The highest BCUT2D eigenvalue weighted by molar-refractivity contribution is 6.30. The summed E-state index contributed by atoms with van der Waals surface area (Å²) < 4.78 is 0. The first-order valence-electron chi connectivity index (χ1n) is 12.3. The monoisotopic (exact) mass is 464 g/mol. The average molecular weight is 465 g/mol. The van der Waals surface area contributed by atoms with Crippen LogP contribution in [0, 0.1) is 0 Å². The average Bonchev–Trinajstić information content (AvgIpc) is 3.72. The van der Waals surface area contributed by atoms with E-state index in [1.165, 1.54) is 0 Å². The molecule has 0 spiro atoms. The van der Waals surface area contributed by atoms with Crippen molar-refractivity contribution in [2.24, 2.45) is 9.98 Å². The molecule has 5 heterocycles. The van der Waals surface area contributed by atoms with E-state index in [-0.39, 0.29) is 12.1 Å². The van der Waals surface area contributed by atoms with Gasteiger partial charge in [-0.25, -0.2) is 0 Å². The molecule has 2 N–H and O–H groups in total. The second-order valence-electron chi connectivity index (χ2n) is 9.20. The predicted octanol–water partition coefficient (Wildman–Crippen LogP) is 2.77. The molecule has 4 heteroatoms. The summed E-state index contributed by atoms with van der Waals surface area (Å²) in [5.74, 6) is 0. The molecule has 2 aromatic heterocycles. The van der Waals surface area contributed by atoms with Crippen LogP contribution in [0.15, 0.2) is 119 Å². The molecule has 0 fully saturated rings. The van der Waals surface area contributed by atoms with Gasteiger partial charge in [0.2, 0.25) is 0 Å². The molecule has 2 aromatic carbocycles. The number of aromatic nitrogens is 2. The van der Waals surface area contributed by atoms with Crippen molar-refractivity contribution < 1.29 is 0 Å². The molecule has 3 aliphatic rings. The van der Waals surface area contributed by atoms with Crippen LogP contribution in [0.3, 0.4) is 0 Å². The zero-order chi connectivity index (χ0) is 23.9. The first kappa shape index (κ1) is 20.7. The Kier molecular flexibility index (Phi) is 4.88. The number of allylic oxidation sites excluding steroid dienone is 2. The number of benzene rings is 2. The van der Waals surface area contributed by atoms with E-state index >= 15 is 0 Å². The second kappa shape index (κ2) is 8.51. The van der Waals surface area contributed by atoms with Crippen molar-refractivity contribution in [2.45, 2.75) is 12.1 Å². The Hall–Kier alpha value is -4.70. The van der Waals surface area contributed by atoms with Gasteiger partial charge < -0.3 is 9.97 Å². The minimum Gasteiger partial charge on any atom is -0.355 e. The third kappa shape index (κ3) is 3.73. The summed E-state index contributed by atoms with van der Waals surface area (Å²) in [7, 11) is 0. The fourth-order valence-corrected chi connectivity index (χ4v) is 5.12. The zero-order valence-corrected chi connectivity index (χ0v) is 19.6. The van der Waals surface area contributed by atoms with Crippen LogP contribution in [0.5, 0.6) is 0 Å². The number of nitrogens with zero attached hydrogens (tertiary/aromatic N) is 2. The molecule has 2 atom stereocenters. The molecule has 0 saturated heterocycles. The van der Waals surface area contributed by atoms with Gasteiger partial charge in [-0.15, -0.1) is 0 Å². The first-order chi connectivity index (χ1) is 17.8. The molecule has 0 amide bonds. The minimum absolute atomic E-state index is 0.0348. The van der Waals surface area contributed by atoms with Crippen molar-refractivity contribution in [3.8, 4) is 0 Å². The van der Waals surface area contributed by atoms with Crippen molar-refractivity contribution in [1.29, 1.82) is 0 Å². The number of nitrogens with one attached hydrogen (secondary N) is 2. The number of hydrogen-bond donors (Lipinski definition) is 2. The summed E-state index contributed by atoms with van der Waals surface area (Å²) in [6.45, 7) is 0. The standard InChI is InChI=1S/C32H24N4/c1-3-7-21(8-4-1)31-27-15-11-23(33-27)19-25-13-17-29(35-25)32(22-9-5-2-6-10-22)30-18-14-26(36-30)20-24-12-16-28(31)34-24/h1-20,23,26,34-35H. The van der Waals surface area contributed by atoms with Crippen LogP contribution in [0.4, 0.5) is 0 Å². The van der Waals surface area contributed by atoms with E-state index in [0.29, 0.717) is 0 Å². The molecular weight excluding hydrogens is 440 g/mol. The number of hydrogen-bond acceptors (Lipinski definition) is 2. The predicted molar refractivity (Wildman–Crippen MR) is 148 cm³/mol. The van der Waals surface area contributed by atoms with Gasteiger partial charge in [0, 0.05) is 32.5 Å². The summed E-state index contributed by atoms with van der Waals surface area (Å²) >= 11 is 0. The Bertz CT molecular complexity index is 1690. The number of rotatable bonds is 2. The molecule has 3 aliphatic heterocycles. The van der Waals surface area contributed by atoms with E-state index < -0.39 is 0 Å². The van der Waals surface area contributed by atoms with E-state index in [2.05, 4.69) is 119 Å². The maximum atomic E-state index is 5.08. The van der Waals surface area contributed by atoms with Crippen molar-refractivity contribution in [3.05, 3.63) is 142 Å². The number of aliphatic imine (C=N–C) groups is 2. The Morgan fingerprint density at radius 2 is 0.944 bits per heavy atom. The van der Waals surface area contributed by atoms with E-state index in [4.69, 9.17) is 9.98 Å². The molecule has 0 saturated carbocycles. The summed E-state index contributed by atoms with van der Waals surface area (Å²) in [6, 6.07) is 29.4. The van der Waals surface area contributed by atoms with Crippen molar-refractivity contribution in [1.82, 2.24) is 9.97 Å². The lowest BCUT2D eigenvalue weighted by Gasteiger charge is -2.07. The highest BCUT2D eigenvalue weighted by Crippen LogP contribution is 2.20. The number of H-pyrrole nitrogens is 2. The number of aromatic amines is 2. The fourth-order valence-electron chi connectivity index (χ4n) is 5.12. The summed E-state index contributed by atoms with van der Waals surface area (Å²) in [4.78, 5) is 17.4. The molecule has 8 bridgehead atoms. The maximum absolute atomic E-state index is 5.08. The number of fused-ring (bicyclic) bond motifs is 6. The SMILES string of the molecule is C1=CC2C=c3ccc([nH]3)=C(c3ccccc3)C3=NC(C=C3)C=c3ccc([nH]3)=C(c3ccccc3)C1=N2. The normalized spacial score (nSPS) is 20.1. The highest BCUT2D eigenvalue weighted by atomic mass is 14.8. The van der Waals surface area contributed by atoms with Crippen LogP contribution >= 0.6 is 0 Å². The van der Waals surface area contributed by atoms with Gasteiger partial charge in [0.25, 0.3) is 0 Å². The van der Waals surface area contributed by atoms with Crippen molar-refractivity contribution >= 4 is 34.7 Å². The van der Waals surface area contributed by atoms with Gasteiger partial charge in [0.1, 0.15) is 0 Å². The van der Waals surface area contributed by atoms with Crippen molar-refractivity contribution in [2.75, 3.05) is 0 Å². The van der Waals surface area contributed by atoms with Crippen LogP contribution in [0.25, 0.3) is 23.3 Å². The maximum Gasteiger partial charge on any atom is 0.0895 e. The summed E-state index contributed by atoms with van der Waals surface area (Å²) in [5.41, 5.74) is 6.45. The molecule has 2 unspecified atom stereocenters. The molecule has 4 nitrogen and oxygen atoms in total. The Morgan fingerprint density at radius 3 is 1.39 bits per heavy atom. The topological polar surface area (TPSA) is 56.3 Å². The molecule has 172 valence electrons. The lowest BCUT2D eigenvalue weighted by Crippen LogP contribution is -2.19. The molecular formula is C32H24N4. The molecule has 36 heavy (non-hydrogen) atoms. The van der Waals surface area contributed by atoms with Gasteiger partial charge in [0.15, 0.2) is 0 Å². The molecule has 0 radical (unpaired) electrons. The van der Waals surface area contributed by atoms with Crippen molar-refractivity contribution in [3.63, 3.8) is 0 Å². The summed E-state index contributed by atoms with van der Waals surface area (Å²) in [6.07, 6.45) is 12.9. The fraction of sp³-hybridized carbons (Fsp3) is 0.0625. The van der Waals surface area contributed by atoms with E-state index in [1.807, 2.05) is 12.1 Å². The van der Waals surface area contributed by atoms with Crippen LogP contribution in [-0.4, -0.2) is 33.5 Å². The van der Waals surface area contributed by atoms with Gasteiger partial charge >= 0.3 is 0 Å². The minimum atomic E-state index is -0.0348. The third-order valence-corrected chi connectivity index (χ3v) is 6.77. The van der Waals surface area contributed by atoms with Gasteiger partial charge in [-0.3, -0.25) is 9.98 Å². The molecule has 4 aromatic rings. The second-order valence-corrected chi connectivity index (χ2v) is 9.20. The molecule has 7 rings (SSSR count). The van der Waals surface area contributed by atoms with Crippen LogP contribution < -0.4 is 21.4 Å². The zero-order valence-electron chi connectivity index (χ0n) is 19.6. The third-order valence-electron chi connectivity index (χ3n) is 6.77. The van der Waals surface area contributed by atoms with E-state index in [0.717, 1.165) is 55.1 Å². The first-order valence-corrected chi connectivity index (χ1v) is 12.3. The van der Waals surface area contributed by atoms with Crippen LogP contribution in [0.1, 0.15) is 11.1 Å². The van der Waals surface area contributed by atoms with Gasteiger partial charge in [0.05, 0.1) is 23.5 Å². The smallest absolute Gasteiger partial charge is 0.0895 e. The summed E-state index contributed by atoms with van der Waals surface area (Å²) in [5, 5.41) is 4.18. The van der Waals surface area contributed by atoms with Gasteiger partial charge in [-0.05, 0) is 59.7 Å². The lowest BCUT2D eigenvalue weighted by molar-refractivity contribution is 1.09. The highest BCUT2D eigenvalue weighted by Gasteiger charge is 2.18. The van der Waals surface area contributed by atoms with Gasteiger partial charge in [-0.2, -0.15) is 0 Å². The Labute approximate surface area is 208 Å². The Balaban J connectivity index is 1.49. The van der Waals surface area contributed by atoms with Crippen LogP contribution in [0.2, 0.25) is 0 Å². The van der Waals surface area contributed by atoms with E-state index in [1.54, 1.807) is 0 Å². The lowest BCUT2D eigenvalue weighted by atomic mass is 10.0. The Morgan fingerprint density at radius 1 is 0.500 bits per heavy atom. The molecule has 0 aliphatic carbocycles. The quantitative estimate of drug-likeness (QED) is 0.459. The largest absolute Gasteiger partial charge is 0.355 e. The van der Waals surface area contributed by atoms with E-state index in [9.17, 15) is 0 Å². The van der Waals surface area contributed by atoms with Gasteiger partial charge in [-0.1, -0.05) is 72.8 Å². The van der Waals surface area contributed by atoms with Crippen LogP contribution in [-0.2, 0) is 0 Å².